The van der Waals surface area contributed by atoms with Crippen LogP contribution in [0.4, 0.5) is 5.69 Å². The highest BCUT2D eigenvalue weighted by molar-refractivity contribution is 6.04. The Labute approximate surface area is 186 Å². The first-order valence-corrected chi connectivity index (χ1v) is 11.0. The molecule has 162 valence electrons. The zero-order chi connectivity index (χ0) is 22.2. The predicted molar refractivity (Wildman–Crippen MR) is 124 cm³/mol. The Bertz CT molecular complexity index is 1230. The number of nitrogens with one attached hydrogen (secondary N) is 1. The molecule has 1 fully saturated rings. The molecular weight excluding hydrogens is 402 g/mol. The Kier molecular flexibility index (Phi) is 5.13. The molecule has 1 N–H and O–H groups in total. The first-order chi connectivity index (χ1) is 15.5. The van der Waals surface area contributed by atoms with E-state index in [0.717, 1.165) is 23.2 Å². The normalized spacial score (nSPS) is 19.2. The Morgan fingerprint density at radius 1 is 0.875 bits per heavy atom. The van der Waals surface area contributed by atoms with Crippen molar-refractivity contribution in [2.24, 2.45) is 5.92 Å². The fourth-order valence-corrected chi connectivity index (χ4v) is 4.94. The molecule has 5 rings (SSSR count). The number of pyridine rings is 1. The average molecular weight is 428 g/mol. The third-order valence-electron chi connectivity index (χ3n) is 6.55. The van der Waals surface area contributed by atoms with Crippen molar-refractivity contribution in [2.75, 3.05) is 18.4 Å². The Morgan fingerprint density at radius 3 is 2.31 bits per heavy atom. The van der Waals surface area contributed by atoms with Crippen molar-refractivity contribution in [3.63, 3.8) is 0 Å². The monoisotopic (exact) mass is 427 g/mol. The zero-order valence-electron chi connectivity index (χ0n) is 18.0. The molecule has 6 heteroatoms. The number of carbonyl (C=O) groups excluding carboxylic acids is 2. The summed E-state index contributed by atoms with van der Waals surface area (Å²) in [6, 6.07) is 20.9. The third-order valence-corrected chi connectivity index (χ3v) is 6.55. The summed E-state index contributed by atoms with van der Waals surface area (Å²) < 4.78 is 1.78. The number of anilines is 1. The number of likely N-dealkylation sites (tertiary alicyclic amines) is 1. The number of aromatic nitrogens is 1. The second-order valence-electron chi connectivity index (χ2n) is 8.71. The maximum atomic E-state index is 13.1. The number of rotatable bonds is 3. The zero-order valence-corrected chi connectivity index (χ0v) is 18.0. The average Bonchev–Trinajstić information content (AvgIpc) is 2.81. The molecule has 0 radical (unpaired) electrons. The molecule has 2 atom stereocenters. The van der Waals surface area contributed by atoms with Crippen molar-refractivity contribution < 1.29 is 9.59 Å². The Balaban J connectivity index is 1.36. The van der Waals surface area contributed by atoms with Gasteiger partial charge in [-0.15, -0.1) is 0 Å². The summed E-state index contributed by atoms with van der Waals surface area (Å²) in [5, 5.41) is 2.79. The van der Waals surface area contributed by atoms with E-state index in [2.05, 4.69) is 5.32 Å². The molecule has 2 aliphatic heterocycles. The summed E-state index contributed by atoms with van der Waals surface area (Å²) in [4.78, 5) is 39.6. The van der Waals surface area contributed by atoms with Crippen LogP contribution in [0, 0.1) is 5.92 Å². The lowest BCUT2D eigenvalue weighted by Crippen LogP contribution is -2.48. The van der Waals surface area contributed by atoms with Crippen LogP contribution in [0.25, 0.3) is 11.1 Å². The summed E-state index contributed by atoms with van der Waals surface area (Å²) in [5.74, 6) is 0.201. The molecule has 2 aliphatic rings. The van der Waals surface area contributed by atoms with Crippen LogP contribution < -0.4 is 10.9 Å². The van der Waals surface area contributed by atoms with Crippen LogP contribution in [0.15, 0.2) is 71.5 Å². The lowest BCUT2D eigenvalue weighted by atomic mass is 9.83. The van der Waals surface area contributed by atoms with E-state index >= 15 is 0 Å². The maximum absolute atomic E-state index is 13.1. The number of fused-ring (bicyclic) bond motifs is 4. The summed E-state index contributed by atoms with van der Waals surface area (Å²) in [5.41, 5.74) is 3.67. The lowest BCUT2D eigenvalue weighted by molar-refractivity contribution is -0.131. The molecule has 32 heavy (non-hydrogen) atoms. The van der Waals surface area contributed by atoms with Crippen LogP contribution >= 0.6 is 0 Å². The quantitative estimate of drug-likeness (QED) is 0.692. The van der Waals surface area contributed by atoms with Gasteiger partial charge in [0.2, 0.25) is 5.91 Å². The van der Waals surface area contributed by atoms with E-state index in [0.29, 0.717) is 25.2 Å². The topological polar surface area (TPSA) is 71.4 Å². The van der Waals surface area contributed by atoms with Crippen LogP contribution in [0.3, 0.4) is 0 Å². The predicted octanol–water partition coefficient (Wildman–Crippen LogP) is 3.73. The van der Waals surface area contributed by atoms with Gasteiger partial charge >= 0.3 is 0 Å². The van der Waals surface area contributed by atoms with Gasteiger partial charge in [-0.25, -0.2) is 0 Å². The van der Waals surface area contributed by atoms with E-state index in [1.165, 1.54) is 0 Å². The molecule has 1 aromatic heterocycles. The van der Waals surface area contributed by atoms with Gasteiger partial charge in [0, 0.05) is 43.7 Å². The van der Waals surface area contributed by atoms with Crippen LogP contribution in [0.2, 0.25) is 0 Å². The molecule has 2 unspecified atom stereocenters. The van der Waals surface area contributed by atoms with Crippen LogP contribution in [-0.4, -0.2) is 34.4 Å². The van der Waals surface area contributed by atoms with Gasteiger partial charge in [0.25, 0.3) is 11.5 Å². The standard InChI is InChI=1S/C26H25N3O3/c1-17(30)28-14-18-13-22(16-28)24-12-11-23(26(32)29(24)15-18)27-25(31)21-9-7-20(8-10-21)19-5-3-2-4-6-19/h2-12,18,22H,13-16H2,1H3,(H,27,31). The van der Waals surface area contributed by atoms with Gasteiger partial charge in [0.1, 0.15) is 5.69 Å². The van der Waals surface area contributed by atoms with E-state index in [1.807, 2.05) is 53.4 Å². The van der Waals surface area contributed by atoms with Crippen molar-refractivity contribution in [3.05, 3.63) is 88.3 Å². The molecule has 6 nitrogen and oxygen atoms in total. The van der Waals surface area contributed by atoms with Gasteiger partial charge in [-0.1, -0.05) is 42.5 Å². The number of amides is 2. The second kappa shape index (κ2) is 8.11. The molecule has 3 aromatic rings. The van der Waals surface area contributed by atoms with Crippen molar-refractivity contribution >= 4 is 17.5 Å². The van der Waals surface area contributed by atoms with Gasteiger partial charge in [-0.3, -0.25) is 14.4 Å². The number of nitrogens with zero attached hydrogens (tertiary/aromatic N) is 2. The number of hydrogen-bond acceptors (Lipinski definition) is 3. The molecule has 2 bridgehead atoms. The molecule has 2 amide bonds. The third kappa shape index (κ3) is 3.73. The number of hydrogen-bond donors (Lipinski definition) is 1. The van der Waals surface area contributed by atoms with Crippen molar-refractivity contribution in [2.45, 2.75) is 25.8 Å². The minimum absolute atomic E-state index is 0.0812. The van der Waals surface area contributed by atoms with Crippen molar-refractivity contribution in [1.82, 2.24) is 9.47 Å². The molecular formula is C26H25N3O3. The van der Waals surface area contributed by atoms with Crippen LogP contribution in [0.5, 0.6) is 0 Å². The van der Waals surface area contributed by atoms with Gasteiger partial charge in [0.05, 0.1) is 0 Å². The molecule has 1 saturated heterocycles. The highest BCUT2D eigenvalue weighted by atomic mass is 16.2. The highest BCUT2D eigenvalue weighted by Crippen LogP contribution is 2.35. The van der Waals surface area contributed by atoms with E-state index in [1.54, 1.807) is 29.7 Å². The Hall–Kier alpha value is -3.67. The summed E-state index contributed by atoms with van der Waals surface area (Å²) in [6.07, 6.45) is 0.989. The van der Waals surface area contributed by atoms with Crippen LogP contribution in [0.1, 0.15) is 35.3 Å². The number of carbonyl (C=O) groups is 2. The van der Waals surface area contributed by atoms with E-state index in [4.69, 9.17) is 0 Å². The minimum Gasteiger partial charge on any atom is -0.342 e. The molecule has 2 aromatic carbocycles. The highest BCUT2D eigenvalue weighted by Gasteiger charge is 2.35. The first kappa shape index (κ1) is 20.2. The van der Waals surface area contributed by atoms with Gasteiger partial charge < -0.3 is 14.8 Å². The SMILES string of the molecule is CC(=O)N1CC2CC(C1)c1ccc(NC(=O)c3ccc(-c4ccccc4)cc3)c(=O)n1C2. The van der Waals surface area contributed by atoms with Gasteiger partial charge in [-0.2, -0.15) is 0 Å². The van der Waals surface area contributed by atoms with Crippen molar-refractivity contribution in [3.8, 4) is 11.1 Å². The van der Waals surface area contributed by atoms with Crippen LogP contribution in [-0.2, 0) is 11.3 Å². The Morgan fingerprint density at radius 2 is 1.59 bits per heavy atom. The second-order valence-corrected chi connectivity index (χ2v) is 8.71. The molecule has 0 saturated carbocycles. The smallest absolute Gasteiger partial charge is 0.274 e. The minimum atomic E-state index is -0.305. The molecule has 0 aliphatic carbocycles. The van der Waals surface area contributed by atoms with Gasteiger partial charge in [0.15, 0.2) is 0 Å². The number of benzene rings is 2. The summed E-state index contributed by atoms with van der Waals surface area (Å²) >= 11 is 0. The van der Waals surface area contributed by atoms with E-state index in [-0.39, 0.29) is 34.9 Å². The van der Waals surface area contributed by atoms with E-state index in [9.17, 15) is 14.4 Å². The maximum Gasteiger partial charge on any atom is 0.274 e. The fraction of sp³-hybridized carbons (Fsp3) is 0.269. The number of piperidine rings is 1. The van der Waals surface area contributed by atoms with Gasteiger partial charge in [-0.05, 0) is 47.7 Å². The van der Waals surface area contributed by atoms with E-state index < -0.39 is 0 Å². The largest absolute Gasteiger partial charge is 0.342 e. The lowest BCUT2D eigenvalue weighted by Gasteiger charge is -2.42. The molecule has 3 heterocycles. The molecule has 0 spiro atoms. The first-order valence-electron chi connectivity index (χ1n) is 11.0. The summed E-state index contributed by atoms with van der Waals surface area (Å²) in [6.45, 7) is 3.50. The fourth-order valence-electron chi connectivity index (χ4n) is 4.94. The summed E-state index contributed by atoms with van der Waals surface area (Å²) in [7, 11) is 0. The van der Waals surface area contributed by atoms with Crippen molar-refractivity contribution in [1.29, 1.82) is 0 Å².